The van der Waals surface area contributed by atoms with Crippen LogP contribution in [0.5, 0.6) is 5.75 Å². The van der Waals surface area contributed by atoms with Gasteiger partial charge in [0.05, 0.1) is 18.2 Å². The molecule has 0 saturated carbocycles. The maximum Gasteiger partial charge on any atom is 0.260 e. The van der Waals surface area contributed by atoms with E-state index in [1.54, 1.807) is 28.0 Å². The van der Waals surface area contributed by atoms with E-state index in [0.717, 1.165) is 17.2 Å². The van der Waals surface area contributed by atoms with Gasteiger partial charge in [0.1, 0.15) is 5.75 Å². The molecule has 7 nitrogen and oxygen atoms in total. The Hall–Kier alpha value is -3.87. The number of ether oxygens (including phenoxy) is 1. The largest absolute Gasteiger partial charge is 0.477 e. The number of benzene rings is 3. The van der Waals surface area contributed by atoms with E-state index in [1.807, 2.05) is 48.5 Å². The molecule has 0 bridgehead atoms. The van der Waals surface area contributed by atoms with Crippen LogP contribution in [0.3, 0.4) is 0 Å². The molecule has 2 aliphatic heterocycles. The molecular formula is C26H25N3O4. The Bertz CT molecular complexity index is 1240. The lowest BCUT2D eigenvalue weighted by Crippen LogP contribution is -2.53. The Balaban J connectivity index is 1.39. The van der Waals surface area contributed by atoms with Crippen molar-refractivity contribution in [3.63, 3.8) is 0 Å². The zero-order valence-corrected chi connectivity index (χ0v) is 18.1. The number of nitrogens with zero attached hydrogens (tertiary/aromatic N) is 2. The van der Waals surface area contributed by atoms with Gasteiger partial charge in [-0.3, -0.25) is 14.4 Å². The molecule has 33 heavy (non-hydrogen) atoms. The lowest BCUT2D eigenvalue weighted by molar-refractivity contribution is -0.126. The highest BCUT2D eigenvalue weighted by atomic mass is 16.5. The first-order valence-electron chi connectivity index (χ1n) is 11.2. The molecule has 1 fully saturated rings. The van der Waals surface area contributed by atoms with Crippen LogP contribution < -0.4 is 15.4 Å². The normalized spacial score (nSPS) is 20.1. The van der Waals surface area contributed by atoms with Crippen molar-refractivity contribution in [2.75, 3.05) is 24.5 Å². The van der Waals surface area contributed by atoms with Gasteiger partial charge in [0.25, 0.3) is 11.8 Å². The predicted molar refractivity (Wildman–Crippen MR) is 125 cm³/mol. The summed E-state index contributed by atoms with van der Waals surface area (Å²) < 4.78 is 5.69. The van der Waals surface area contributed by atoms with Crippen LogP contribution in [-0.4, -0.2) is 48.4 Å². The number of likely N-dealkylation sites (tertiary alicyclic amines) is 1. The molecule has 0 spiro atoms. The topological polar surface area (TPSA) is 92.9 Å². The second kappa shape index (κ2) is 8.58. The van der Waals surface area contributed by atoms with Gasteiger partial charge in [0.15, 0.2) is 6.10 Å². The number of carbonyl (C=O) groups excluding carboxylic acids is 3. The summed E-state index contributed by atoms with van der Waals surface area (Å²) in [5.74, 6) is -0.703. The van der Waals surface area contributed by atoms with E-state index in [-0.39, 0.29) is 24.3 Å². The Morgan fingerprint density at radius 1 is 0.909 bits per heavy atom. The van der Waals surface area contributed by atoms with Crippen LogP contribution in [0.15, 0.2) is 66.7 Å². The minimum Gasteiger partial charge on any atom is -0.477 e. The fourth-order valence-electron chi connectivity index (χ4n) is 4.76. The number of rotatable bonds is 3. The van der Waals surface area contributed by atoms with E-state index < -0.39 is 12.0 Å². The third kappa shape index (κ3) is 3.91. The number of hydrogen-bond acceptors (Lipinski definition) is 4. The summed E-state index contributed by atoms with van der Waals surface area (Å²) >= 11 is 0. The molecule has 2 aliphatic rings. The van der Waals surface area contributed by atoms with Crippen LogP contribution >= 0.6 is 0 Å². The van der Waals surface area contributed by atoms with Crippen LogP contribution in [0.2, 0.25) is 0 Å². The van der Waals surface area contributed by atoms with Gasteiger partial charge in [-0.2, -0.15) is 0 Å². The van der Waals surface area contributed by atoms with Gasteiger partial charge < -0.3 is 20.3 Å². The highest BCUT2D eigenvalue weighted by Crippen LogP contribution is 2.35. The SMILES string of the molecule is NC(=O)[C@H]1CN(C(=O)[C@H]2CCCN(C(=O)c3cccc4ccccc34)C2)c2ccccc2O1. The number of hydrogen-bond donors (Lipinski definition) is 1. The molecule has 2 atom stereocenters. The average molecular weight is 444 g/mol. The lowest BCUT2D eigenvalue weighted by Gasteiger charge is -2.38. The van der Waals surface area contributed by atoms with Gasteiger partial charge in [0.2, 0.25) is 5.91 Å². The summed E-state index contributed by atoms with van der Waals surface area (Å²) in [6, 6.07) is 20.7. The first kappa shape index (κ1) is 21.0. The van der Waals surface area contributed by atoms with E-state index in [1.165, 1.54) is 0 Å². The summed E-state index contributed by atoms with van der Waals surface area (Å²) in [6.07, 6.45) is 0.512. The summed E-state index contributed by atoms with van der Waals surface area (Å²) in [5, 5.41) is 1.92. The minimum atomic E-state index is -0.902. The van der Waals surface area contributed by atoms with E-state index in [0.29, 0.717) is 36.5 Å². The van der Waals surface area contributed by atoms with Gasteiger partial charge in [0, 0.05) is 18.7 Å². The third-order valence-corrected chi connectivity index (χ3v) is 6.43. The molecule has 0 unspecified atom stereocenters. The molecule has 168 valence electrons. The molecule has 0 aromatic heterocycles. The van der Waals surface area contributed by atoms with Crippen LogP contribution in [0.1, 0.15) is 23.2 Å². The summed E-state index contributed by atoms with van der Waals surface area (Å²) in [5.41, 5.74) is 6.75. The molecule has 7 heteroatoms. The van der Waals surface area contributed by atoms with Crippen molar-refractivity contribution in [1.29, 1.82) is 0 Å². The number of carbonyl (C=O) groups is 3. The summed E-state index contributed by atoms with van der Waals surface area (Å²) in [7, 11) is 0. The average Bonchev–Trinajstić information content (AvgIpc) is 2.86. The smallest absolute Gasteiger partial charge is 0.260 e. The van der Waals surface area contributed by atoms with Crippen LogP contribution in [0.4, 0.5) is 5.69 Å². The summed E-state index contributed by atoms with van der Waals surface area (Å²) in [6.45, 7) is 1.01. The molecule has 0 aliphatic carbocycles. The van der Waals surface area contributed by atoms with E-state index in [2.05, 4.69) is 0 Å². The van der Waals surface area contributed by atoms with Crippen molar-refractivity contribution in [3.05, 3.63) is 72.3 Å². The van der Waals surface area contributed by atoms with E-state index in [9.17, 15) is 14.4 Å². The summed E-state index contributed by atoms with van der Waals surface area (Å²) in [4.78, 5) is 42.2. The van der Waals surface area contributed by atoms with Crippen LogP contribution in [0, 0.1) is 5.92 Å². The molecule has 0 radical (unpaired) electrons. The first-order chi connectivity index (χ1) is 16.0. The number of para-hydroxylation sites is 2. The Kier molecular flexibility index (Phi) is 5.46. The highest BCUT2D eigenvalue weighted by molar-refractivity contribution is 6.07. The molecule has 2 heterocycles. The van der Waals surface area contributed by atoms with E-state index in [4.69, 9.17) is 10.5 Å². The number of amides is 3. The molecular weight excluding hydrogens is 418 g/mol. The Morgan fingerprint density at radius 3 is 2.52 bits per heavy atom. The lowest BCUT2D eigenvalue weighted by atomic mass is 9.94. The third-order valence-electron chi connectivity index (χ3n) is 6.43. The second-order valence-electron chi connectivity index (χ2n) is 8.54. The fraction of sp³-hybridized carbons (Fsp3) is 0.269. The van der Waals surface area contributed by atoms with Gasteiger partial charge >= 0.3 is 0 Å². The number of nitrogens with two attached hydrogens (primary N) is 1. The number of primary amides is 1. The van der Waals surface area contributed by atoms with Gasteiger partial charge in [-0.25, -0.2) is 0 Å². The number of fused-ring (bicyclic) bond motifs is 2. The quantitative estimate of drug-likeness (QED) is 0.674. The zero-order chi connectivity index (χ0) is 22.9. The maximum absolute atomic E-state index is 13.6. The van der Waals surface area contributed by atoms with Crippen molar-refractivity contribution in [3.8, 4) is 5.75 Å². The maximum atomic E-state index is 13.6. The monoisotopic (exact) mass is 443 g/mol. The van der Waals surface area contributed by atoms with Crippen LogP contribution in [-0.2, 0) is 9.59 Å². The highest BCUT2D eigenvalue weighted by Gasteiger charge is 2.37. The molecule has 5 rings (SSSR count). The predicted octanol–water partition coefficient (Wildman–Crippen LogP) is 2.97. The van der Waals surface area contributed by atoms with Gasteiger partial charge in [-0.15, -0.1) is 0 Å². The van der Waals surface area contributed by atoms with Crippen molar-refractivity contribution >= 4 is 34.2 Å². The van der Waals surface area contributed by atoms with E-state index >= 15 is 0 Å². The van der Waals surface area contributed by atoms with Gasteiger partial charge in [-0.1, -0.05) is 48.5 Å². The van der Waals surface area contributed by atoms with Crippen molar-refractivity contribution in [1.82, 2.24) is 4.90 Å². The minimum absolute atomic E-state index is 0.0679. The molecule has 1 saturated heterocycles. The standard InChI is InChI=1S/C26H25N3O4/c27-24(30)23-16-29(21-12-3-4-13-22(21)33-23)25(31)18-9-6-14-28(15-18)26(32)20-11-5-8-17-7-1-2-10-19(17)20/h1-5,7-8,10-13,18,23H,6,9,14-16H2,(H2,27,30)/t18-,23+/m0/s1. The molecule has 3 aromatic carbocycles. The fourth-order valence-corrected chi connectivity index (χ4v) is 4.76. The second-order valence-corrected chi connectivity index (χ2v) is 8.54. The Morgan fingerprint density at radius 2 is 1.67 bits per heavy atom. The van der Waals surface area contributed by atoms with Crippen molar-refractivity contribution < 1.29 is 19.1 Å². The van der Waals surface area contributed by atoms with Crippen LogP contribution in [0.25, 0.3) is 10.8 Å². The molecule has 2 N–H and O–H groups in total. The zero-order valence-electron chi connectivity index (χ0n) is 18.1. The van der Waals surface area contributed by atoms with Crippen molar-refractivity contribution in [2.45, 2.75) is 18.9 Å². The molecule has 3 aromatic rings. The number of piperidine rings is 1. The van der Waals surface area contributed by atoms with Crippen molar-refractivity contribution in [2.24, 2.45) is 11.7 Å². The number of anilines is 1. The molecule has 3 amide bonds. The first-order valence-corrected chi connectivity index (χ1v) is 11.2. The van der Waals surface area contributed by atoms with Gasteiger partial charge in [-0.05, 0) is 41.8 Å². The Labute approximate surface area is 191 Å².